The smallest absolute Gasteiger partial charge is 0.239 e. The summed E-state index contributed by atoms with van der Waals surface area (Å²) in [5.74, 6) is -1.71. The second-order valence-electron chi connectivity index (χ2n) is 9.72. The molecule has 31 heavy (non-hydrogen) atoms. The van der Waals surface area contributed by atoms with Gasteiger partial charge >= 0.3 is 0 Å². The second-order valence-corrected chi connectivity index (χ2v) is 9.72. The maximum absolute atomic E-state index is 13.3. The standard InChI is InChI=1S/C26H26N2O3/c1-26(2,3)17-11-9-16(10-12-17)15-27-19-13-14-20(29)23(27)22-21(19)24(30)28(25(22)31)18-7-5-4-6-8-18/h4-14,19,21-23H,15H2,1-3H3/t19-,21-,22+,23+/m1/s1. The number of fused-ring (bicyclic) bond motifs is 5. The van der Waals surface area contributed by atoms with Crippen molar-refractivity contribution in [2.24, 2.45) is 11.8 Å². The fraction of sp³-hybridized carbons (Fsp3) is 0.346. The van der Waals surface area contributed by atoms with Crippen LogP contribution in [0, 0.1) is 11.8 Å². The number of imide groups is 1. The number of para-hydroxylation sites is 1. The molecule has 2 amide bonds. The van der Waals surface area contributed by atoms with Gasteiger partial charge in [0.25, 0.3) is 0 Å². The van der Waals surface area contributed by atoms with Gasteiger partial charge in [-0.2, -0.15) is 0 Å². The molecule has 2 bridgehead atoms. The molecule has 2 aromatic carbocycles. The van der Waals surface area contributed by atoms with E-state index >= 15 is 0 Å². The summed E-state index contributed by atoms with van der Waals surface area (Å²) in [6, 6.07) is 16.6. The maximum atomic E-state index is 13.3. The minimum atomic E-state index is -0.631. The van der Waals surface area contributed by atoms with E-state index < -0.39 is 17.9 Å². The van der Waals surface area contributed by atoms with Gasteiger partial charge < -0.3 is 0 Å². The van der Waals surface area contributed by atoms with E-state index in [0.29, 0.717) is 12.2 Å². The molecule has 3 heterocycles. The van der Waals surface area contributed by atoms with Crippen LogP contribution in [0.15, 0.2) is 66.7 Å². The quantitative estimate of drug-likeness (QED) is 0.722. The number of ketones is 1. The first-order valence-corrected chi connectivity index (χ1v) is 10.8. The highest BCUT2D eigenvalue weighted by molar-refractivity contribution is 6.24. The fourth-order valence-corrected chi connectivity index (χ4v) is 5.22. The van der Waals surface area contributed by atoms with Crippen LogP contribution < -0.4 is 4.90 Å². The molecule has 158 valence electrons. The lowest BCUT2D eigenvalue weighted by molar-refractivity contribution is -0.129. The Bertz CT molecular complexity index is 1080. The number of anilines is 1. The van der Waals surface area contributed by atoms with E-state index in [1.807, 2.05) is 29.2 Å². The highest BCUT2D eigenvalue weighted by Crippen LogP contribution is 2.47. The number of hydrogen-bond acceptors (Lipinski definition) is 4. The molecule has 4 atom stereocenters. The SMILES string of the molecule is CC(C)(C)c1ccc(CN2[C@@H]3C=CC(=O)[C@H]2[C@H]2C(=O)N(c4ccccc4)C(=O)[C@@H]23)cc1. The molecule has 3 aliphatic rings. The van der Waals surface area contributed by atoms with Gasteiger partial charge in [0.2, 0.25) is 11.8 Å². The third-order valence-electron chi connectivity index (χ3n) is 6.80. The minimum absolute atomic E-state index is 0.0676. The third-order valence-corrected chi connectivity index (χ3v) is 6.80. The summed E-state index contributed by atoms with van der Waals surface area (Å²) in [5, 5.41) is 0. The van der Waals surface area contributed by atoms with Crippen molar-refractivity contribution in [3.63, 3.8) is 0 Å². The topological polar surface area (TPSA) is 57.7 Å². The van der Waals surface area contributed by atoms with Crippen LogP contribution in [0.25, 0.3) is 0 Å². The predicted octanol–water partition coefficient (Wildman–Crippen LogP) is 3.48. The van der Waals surface area contributed by atoms with Crippen LogP contribution in [0.3, 0.4) is 0 Å². The van der Waals surface area contributed by atoms with Gasteiger partial charge in [-0.3, -0.25) is 19.3 Å². The monoisotopic (exact) mass is 414 g/mol. The van der Waals surface area contributed by atoms with Gasteiger partial charge in [-0.05, 0) is 34.8 Å². The number of rotatable bonds is 3. The normalized spacial score (nSPS) is 27.8. The van der Waals surface area contributed by atoms with Crippen LogP contribution in [0.1, 0.15) is 31.9 Å². The van der Waals surface area contributed by atoms with E-state index in [-0.39, 0.29) is 29.1 Å². The highest BCUT2D eigenvalue weighted by Gasteiger charge is 2.64. The van der Waals surface area contributed by atoms with E-state index in [4.69, 9.17) is 0 Å². The Kier molecular flexibility index (Phi) is 4.48. The van der Waals surface area contributed by atoms with E-state index in [1.165, 1.54) is 10.5 Å². The molecule has 0 unspecified atom stereocenters. The van der Waals surface area contributed by atoms with Crippen LogP contribution in [0.5, 0.6) is 0 Å². The largest absolute Gasteiger partial charge is 0.293 e. The summed E-state index contributed by atoms with van der Waals surface area (Å²) in [6.07, 6.45) is 3.37. The number of hydrogen-bond donors (Lipinski definition) is 0. The van der Waals surface area contributed by atoms with Crippen molar-refractivity contribution in [1.29, 1.82) is 0 Å². The Morgan fingerprint density at radius 1 is 0.839 bits per heavy atom. The van der Waals surface area contributed by atoms with Gasteiger partial charge in [0.1, 0.15) is 0 Å². The van der Waals surface area contributed by atoms with Gasteiger partial charge in [0, 0.05) is 12.6 Å². The van der Waals surface area contributed by atoms with Crippen LogP contribution in [-0.2, 0) is 26.3 Å². The molecule has 0 radical (unpaired) electrons. The lowest BCUT2D eigenvalue weighted by atomic mass is 9.86. The van der Waals surface area contributed by atoms with Crippen molar-refractivity contribution < 1.29 is 14.4 Å². The van der Waals surface area contributed by atoms with Crippen LogP contribution >= 0.6 is 0 Å². The number of benzene rings is 2. The Balaban J connectivity index is 1.46. The highest BCUT2D eigenvalue weighted by atomic mass is 16.2. The molecule has 0 saturated carbocycles. The zero-order valence-electron chi connectivity index (χ0n) is 18.0. The lowest BCUT2D eigenvalue weighted by Gasteiger charge is -2.33. The number of carbonyl (C=O) groups is 3. The molecule has 5 nitrogen and oxygen atoms in total. The summed E-state index contributed by atoms with van der Waals surface area (Å²) < 4.78 is 0. The lowest BCUT2D eigenvalue weighted by Crippen LogP contribution is -2.48. The predicted molar refractivity (Wildman–Crippen MR) is 118 cm³/mol. The molecule has 0 N–H and O–H groups in total. The van der Waals surface area contributed by atoms with E-state index in [9.17, 15) is 14.4 Å². The zero-order valence-corrected chi connectivity index (χ0v) is 18.0. The minimum Gasteiger partial charge on any atom is -0.293 e. The number of nitrogens with zero attached hydrogens (tertiary/aromatic N) is 2. The number of amides is 2. The van der Waals surface area contributed by atoms with Crippen LogP contribution in [0.4, 0.5) is 5.69 Å². The van der Waals surface area contributed by atoms with Crippen molar-refractivity contribution >= 4 is 23.3 Å². The molecule has 0 aromatic heterocycles. The molecule has 3 aliphatic heterocycles. The summed E-state index contributed by atoms with van der Waals surface area (Å²) in [6.45, 7) is 7.06. The summed E-state index contributed by atoms with van der Waals surface area (Å²) in [5.41, 5.74) is 2.96. The molecule has 2 aromatic rings. The zero-order chi connectivity index (χ0) is 21.9. The second kappa shape index (κ2) is 6.99. The van der Waals surface area contributed by atoms with Gasteiger partial charge in [0.05, 0.1) is 23.6 Å². The molecular formula is C26H26N2O3. The Morgan fingerprint density at radius 2 is 1.48 bits per heavy atom. The van der Waals surface area contributed by atoms with Crippen molar-refractivity contribution in [3.05, 3.63) is 77.9 Å². The van der Waals surface area contributed by atoms with E-state index in [0.717, 1.165) is 5.56 Å². The first-order chi connectivity index (χ1) is 14.8. The van der Waals surface area contributed by atoms with Gasteiger partial charge in [-0.15, -0.1) is 0 Å². The average molecular weight is 415 g/mol. The van der Waals surface area contributed by atoms with Crippen molar-refractivity contribution in [3.8, 4) is 0 Å². The Hall–Kier alpha value is -3.05. The van der Waals surface area contributed by atoms with Crippen molar-refractivity contribution in [2.45, 2.75) is 44.8 Å². The van der Waals surface area contributed by atoms with Gasteiger partial charge in [0.15, 0.2) is 5.78 Å². The fourth-order valence-electron chi connectivity index (χ4n) is 5.22. The molecule has 5 rings (SSSR count). The van der Waals surface area contributed by atoms with E-state index in [1.54, 1.807) is 18.2 Å². The summed E-state index contributed by atoms with van der Waals surface area (Å²) in [7, 11) is 0. The van der Waals surface area contributed by atoms with Gasteiger partial charge in [-0.1, -0.05) is 69.3 Å². The molecule has 0 aliphatic carbocycles. The van der Waals surface area contributed by atoms with Crippen LogP contribution in [-0.4, -0.2) is 34.6 Å². The van der Waals surface area contributed by atoms with Crippen molar-refractivity contribution in [1.82, 2.24) is 4.90 Å². The summed E-state index contributed by atoms with van der Waals surface area (Å²) in [4.78, 5) is 42.9. The molecule has 2 saturated heterocycles. The first-order valence-electron chi connectivity index (χ1n) is 10.8. The average Bonchev–Trinajstić information content (AvgIpc) is 3.12. The Labute approximate surface area is 182 Å². The first kappa shape index (κ1) is 19.9. The number of carbonyl (C=O) groups excluding carboxylic acids is 3. The molecular weight excluding hydrogens is 388 g/mol. The molecule has 0 spiro atoms. The molecule has 2 fully saturated rings. The Morgan fingerprint density at radius 3 is 2.13 bits per heavy atom. The maximum Gasteiger partial charge on any atom is 0.239 e. The summed E-state index contributed by atoms with van der Waals surface area (Å²) >= 11 is 0. The molecule has 5 heteroatoms. The van der Waals surface area contributed by atoms with E-state index in [2.05, 4.69) is 45.0 Å². The van der Waals surface area contributed by atoms with Crippen LogP contribution in [0.2, 0.25) is 0 Å². The third kappa shape index (κ3) is 3.07. The van der Waals surface area contributed by atoms with Gasteiger partial charge in [-0.25, -0.2) is 4.90 Å². The van der Waals surface area contributed by atoms with Crippen molar-refractivity contribution in [2.75, 3.05) is 4.90 Å².